The van der Waals surface area contributed by atoms with E-state index >= 15 is 0 Å². The number of carbonyl (C=O) groups excluding carboxylic acids is 1. The zero-order chi connectivity index (χ0) is 21.6. The van der Waals surface area contributed by atoms with Gasteiger partial charge in [-0.15, -0.1) is 10.2 Å². The molecule has 2 aromatic heterocycles. The lowest BCUT2D eigenvalue weighted by atomic mass is 10.1. The monoisotopic (exact) mass is 429 g/mol. The maximum absolute atomic E-state index is 12.4. The average Bonchev–Trinajstić information content (AvgIpc) is 3.22. The molecule has 1 amide bonds. The third-order valence-corrected chi connectivity index (χ3v) is 5.69. The SMILES string of the molecule is Cc1ccc(-c2nnc(SCC(=O)NCc3ccccn3)n2-c2ccc(C)cc2)cc1. The first-order valence-corrected chi connectivity index (χ1v) is 11.0. The van der Waals surface area contributed by atoms with Gasteiger partial charge in [-0.3, -0.25) is 14.3 Å². The molecule has 0 aliphatic heterocycles. The third-order valence-electron chi connectivity index (χ3n) is 4.76. The predicted molar refractivity (Wildman–Crippen MR) is 123 cm³/mol. The van der Waals surface area contributed by atoms with Crippen LogP contribution < -0.4 is 5.32 Å². The summed E-state index contributed by atoms with van der Waals surface area (Å²) in [6, 6.07) is 22.0. The number of rotatable bonds is 7. The smallest absolute Gasteiger partial charge is 0.230 e. The molecule has 1 N–H and O–H groups in total. The van der Waals surface area contributed by atoms with Crippen molar-refractivity contribution in [2.45, 2.75) is 25.5 Å². The zero-order valence-electron chi connectivity index (χ0n) is 17.4. The Labute approximate surface area is 185 Å². The van der Waals surface area contributed by atoms with Crippen molar-refractivity contribution < 1.29 is 4.79 Å². The number of aryl methyl sites for hydroxylation is 2. The summed E-state index contributed by atoms with van der Waals surface area (Å²) in [5.74, 6) is 0.913. The van der Waals surface area contributed by atoms with Crippen LogP contribution in [-0.2, 0) is 11.3 Å². The summed E-state index contributed by atoms with van der Waals surface area (Å²) in [5.41, 5.74) is 5.12. The second-order valence-corrected chi connectivity index (χ2v) is 8.17. The van der Waals surface area contributed by atoms with Crippen LogP contribution in [0.1, 0.15) is 16.8 Å². The fourth-order valence-corrected chi connectivity index (χ4v) is 3.83. The van der Waals surface area contributed by atoms with E-state index in [2.05, 4.69) is 58.6 Å². The summed E-state index contributed by atoms with van der Waals surface area (Å²) in [6.07, 6.45) is 1.72. The van der Waals surface area contributed by atoms with Crippen molar-refractivity contribution in [3.05, 3.63) is 89.7 Å². The van der Waals surface area contributed by atoms with Crippen LogP contribution in [0.25, 0.3) is 17.1 Å². The summed E-state index contributed by atoms with van der Waals surface area (Å²) >= 11 is 1.36. The molecular formula is C24H23N5OS. The molecule has 0 saturated carbocycles. The highest BCUT2D eigenvalue weighted by Crippen LogP contribution is 2.28. The molecule has 0 saturated heterocycles. The van der Waals surface area contributed by atoms with Crippen LogP contribution in [0.15, 0.2) is 78.1 Å². The van der Waals surface area contributed by atoms with E-state index < -0.39 is 0 Å². The second-order valence-electron chi connectivity index (χ2n) is 7.23. The molecule has 2 aromatic carbocycles. The van der Waals surface area contributed by atoms with Gasteiger partial charge in [0.1, 0.15) is 0 Å². The van der Waals surface area contributed by atoms with Gasteiger partial charge in [0.15, 0.2) is 11.0 Å². The molecule has 0 radical (unpaired) electrons. The van der Waals surface area contributed by atoms with Gasteiger partial charge in [-0.05, 0) is 38.1 Å². The number of hydrogen-bond acceptors (Lipinski definition) is 5. The van der Waals surface area contributed by atoms with Gasteiger partial charge in [-0.25, -0.2) is 0 Å². The Morgan fingerprint density at radius 1 is 0.935 bits per heavy atom. The molecule has 0 fully saturated rings. The molecule has 156 valence electrons. The highest BCUT2D eigenvalue weighted by Gasteiger charge is 2.17. The molecule has 2 heterocycles. The fourth-order valence-electron chi connectivity index (χ4n) is 3.05. The minimum atomic E-state index is -0.0778. The Morgan fingerprint density at radius 3 is 2.32 bits per heavy atom. The van der Waals surface area contributed by atoms with Crippen LogP contribution in [-0.4, -0.2) is 31.4 Å². The molecule has 6 nitrogen and oxygen atoms in total. The van der Waals surface area contributed by atoms with E-state index in [4.69, 9.17) is 0 Å². The summed E-state index contributed by atoms with van der Waals surface area (Å²) in [5, 5.41) is 12.4. The summed E-state index contributed by atoms with van der Waals surface area (Å²) in [4.78, 5) is 16.6. The van der Waals surface area contributed by atoms with Gasteiger partial charge < -0.3 is 5.32 Å². The zero-order valence-corrected chi connectivity index (χ0v) is 18.3. The van der Waals surface area contributed by atoms with E-state index in [1.54, 1.807) is 6.20 Å². The second kappa shape index (κ2) is 9.57. The van der Waals surface area contributed by atoms with E-state index in [0.29, 0.717) is 11.7 Å². The molecule has 4 aromatic rings. The number of thioether (sulfide) groups is 1. The molecule has 31 heavy (non-hydrogen) atoms. The number of amides is 1. The van der Waals surface area contributed by atoms with Gasteiger partial charge in [0.2, 0.25) is 5.91 Å². The van der Waals surface area contributed by atoms with Gasteiger partial charge in [-0.2, -0.15) is 0 Å². The van der Waals surface area contributed by atoms with Gasteiger partial charge in [0.25, 0.3) is 0 Å². The normalized spacial score (nSPS) is 10.8. The quantitative estimate of drug-likeness (QED) is 0.442. The summed E-state index contributed by atoms with van der Waals surface area (Å²) in [7, 11) is 0. The van der Waals surface area contributed by atoms with E-state index in [1.807, 2.05) is 47.0 Å². The Kier molecular flexibility index (Phi) is 6.43. The predicted octanol–water partition coefficient (Wildman–Crippen LogP) is 4.35. The van der Waals surface area contributed by atoms with Crippen LogP contribution in [0, 0.1) is 13.8 Å². The van der Waals surface area contributed by atoms with Crippen molar-refractivity contribution >= 4 is 17.7 Å². The molecule has 0 aliphatic carbocycles. The van der Waals surface area contributed by atoms with Crippen LogP contribution in [0.3, 0.4) is 0 Å². The van der Waals surface area contributed by atoms with Crippen LogP contribution >= 0.6 is 11.8 Å². The molecule has 0 unspecified atom stereocenters. The number of aromatic nitrogens is 4. The number of pyridine rings is 1. The van der Waals surface area contributed by atoms with Gasteiger partial charge in [0, 0.05) is 17.4 Å². The lowest BCUT2D eigenvalue weighted by molar-refractivity contribution is -0.118. The van der Waals surface area contributed by atoms with Crippen molar-refractivity contribution in [1.29, 1.82) is 0 Å². The first-order valence-electron chi connectivity index (χ1n) is 9.99. The lowest BCUT2D eigenvalue weighted by Crippen LogP contribution is -2.25. The number of nitrogens with zero attached hydrogens (tertiary/aromatic N) is 4. The molecule has 0 bridgehead atoms. The van der Waals surface area contributed by atoms with Crippen LogP contribution in [0.4, 0.5) is 0 Å². The van der Waals surface area contributed by atoms with Crippen molar-refractivity contribution in [1.82, 2.24) is 25.1 Å². The van der Waals surface area contributed by atoms with E-state index in [1.165, 1.54) is 22.9 Å². The average molecular weight is 430 g/mol. The minimum absolute atomic E-state index is 0.0778. The van der Waals surface area contributed by atoms with Crippen molar-refractivity contribution in [3.63, 3.8) is 0 Å². The topological polar surface area (TPSA) is 72.7 Å². The minimum Gasteiger partial charge on any atom is -0.350 e. The van der Waals surface area contributed by atoms with E-state index in [9.17, 15) is 4.79 Å². The number of nitrogens with one attached hydrogen (secondary N) is 1. The van der Waals surface area contributed by atoms with Crippen LogP contribution in [0.5, 0.6) is 0 Å². The number of hydrogen-bond donors (Lipinski definition) is 1. The first kappa shape index (κ1) is 20.8. The first-order chi connectivity index (χ1) is 15.1. The number of benzene rings is 2. The maximum atomic E-state index is 12.4. The Morgan fingerprint density at radius 2 is 1.65 bits per heavy atom. The maximum Gasteiger partial charge on any atom is 0.230 e. The molecule has 4 rings (SSSR count). The molecule has 0 spiro atoms. The molecule has 0 aliphatic rings. The van der Waals surface area contributed by atoms with Gasteiger partial charge in [0.05, 0.1) is 18.0 Å². The molecule has 0 atom stereocenters. The van der Waals surface area contributed by atoms with Crippen molar-refractivity contribution in [2.75, 3.05) is 5.75 Å². The van der Waals surface area contributed by atoms with Gasteiger partial charge >= 0.3 is 0 Å². The third kappa shape index (κ3) is 5.19. The fraction of sp³-hybridized carbons (Fsp3) is 0.167. The Balaban J connectivity index is 1.55. The standard InChI is InChI=1S/C24H23N5OS/c1-17-6-10-19(11-7-17)23-27-28-24(29(23)21-12-8-18(2)9-13-21)31-16-22(30)26-15-20-5-3-4-14-25-20/h3-14H,15-16H2,1-2H3,(H,26,30). The lowest BCUT2D eigenvalue weighted by Gasteiger charge is -2.11. The van der Waals surface area contributed by atoms with E-state index in [-0.39, 0.29) is 11.7 Å². The number of carbonyl (C=O) groups is 1. The van der Waals surface area contributed by atoms with Crippen molar-refractivity contribution in [3.8, 4) is 17.1 Å². The van der Waals surface area contributed by atoms with Gasteiger partial charge in [-0.1, -0.05) is 65.4 Å². The molecule has 7 heteroatoms. The largest absolute Gasteiger partial charge is 0.350 e. The van der Waals surface area contributed by atoms with Crippen molar-refractivity contribution in [2.24, 2.45) is 0 Å². The van der Waals surface area contributed by atoms with E-state index in [0.717, 1.165) is 22.8 Å². The van der Waals surface area contributed by atoms with Crippen LogP contribution in [0.2, 0.25) is 0 Å². The highest BCUT2D eigenvalue weighted by atomic mass is 32.2. The Hall–Kier alpha value is -3.45. The Bertz CT molecular complexity index is 1160. The summed E-state index contributed by atoms with van der Waals surface area (Å²) < 4.78 is 2.00. The molecular weight excluding hydrogens is 406 g/mol. The highest BCUT2D eigenvalue weighted by molar-refractivity contribution is 7.99. The summed E-state index contributed by atoms with van der Waals surface area (Å²) in [6.45, 7) is 4.51.